The van der Waals surface area contributed by atoms with Crippen molar-refractivity contribution in [3.05, 3.63) is 0 Å². The lowest BCUT2D eigenvalue weighted by Gasteiger charge is -2.44. The minimum Gasteiger partial charge on any atom is -0.312 e. The van der Waals surface area contributed by atoms with Crippen molar-refractivity contribution in [3.8, 4) is 0 Å². The van der Waals surface area contributed by atoms with Crippen molar-refractivity contribution in [3.63, 3.8) is 0 Å². The Hall–Kier alpha value is -0.0800. The molecule has 1 fully saturated rings. The molecule has 1 rings (SSSR count). The van der Waals surface area contributed by atoms with Crippen molar-refractivity contribution in [2.45, 2.75) is 85.4 Å². The van der Waals surface area contributed by atoms with E-state index in [1.54, 1.807) is 0 Å². The highest BCUT2D eigenvalue weighted by Gasteiger charge is 2.32. The highest BCUT2D eigenvalue weighted by Crippen LogP contribution is 2.32. The fourth-order valence-corrected chi connectivity index (χ4v) is 3.48. The van der Waals surface area contributed by atoms with E-state index in [1.807, 2.05) is 0 Å². The molecule has 18 heavy (non-hydrogen) atoms. The van der Waals surface area contributed by atoms with Crippen LogP contribution in [0.5, 0.6) is 0 Å². The van der Waals surface area contributed by atoms with Crippen molar-refractivity contribution < 1.29 is 0 Å². The van der Waals surface area contributed by atoms with E-state index in [-0.39, 0.29) is 0 Å². The molecule has 0 aromatic carbocycles. The number of rotatable bonds is 2. The van der Waals surface area contributed by atoms with E-state index >= 15 is 0 Å². The highest BCUT2D eigenvalue weighted by atomic mass is 15.2. The van der Waals surface area contributed by atoms with Gasteiger partial charge in [0, 0.05) is 30.7 Å². The Kier molecular flexibility index (Phi) is 5.25. The molecule has 1 aliphatic rings. The second kappa shape index (κ2) is 5.92. The van der Waals surface area contributed by atoms with Gasteiger partial charge >= 0.3 is 0 Å². The van der Waals surface area contributed by atoms with E-state index in [1.165, 1.54) is 32.4 Å². The minimum atomic E-state index is 0.315. The molecule has 1 heterocycles. The molecule has 2 unspecified atom stereocenters. The zero-order valence-electron chi connectivity index (χ0n) is 13.6. The second-order valence-electron chi connectivity index (χ2n) is 8.08. The monoisotopic (exact) mass is 254 g/mol. The molecule has 1 aliphatic heterocycles. The van der Waals surface area contributed by atoms with Crippen LogP contribution in [0.4, 0.5) is 0 Å². The second-order valence-corrected chi connectivity index (χ2v) is 8.08. The zero-order valence-corrected chi connectivity index (χ0v) is 13.6. The molecule has 1 saturated heterocycles. The summed E-state index contributed by atoms with van der Waals surface area (Å²) in [5.41, 5.74) is 0.719. The summed E-state index contributed by atoms with van der Waals surface area (Å²) >= 11 is 0. The third kappa shape index (κ3) is 5.27. The molecule has 2 atom stereocenters. The van der Waals surface area contributed by atoms with Crippen LogP contribution in [0.3, 0.4) is 0 Å². The molecule has 2 heteroatoms. The summed E-state index contributed by atoms with van der Waals surface area (Å²) in [6, 6.07) is 1.29. The van der Waals surface area contributed by atoms with E-state index in [9.17, 15) is 0 Å². The number of nitrogens with one attached hydrogen (secondary N) is 1. The summed E-state index contributed by atoms with van der Waals surface area (Å²) in [5.74, 6) is 0. The summed E-state index contributed by atoms with van der Waals surface area (Å²) in [5, 5.41) is 3.68. The first-order chi connectivity index (χ1) is 8.10. The molecule has 0 bridgehead atoms. The maximum absolute atomic E-state index is 3.68. The molecule has 0 aromatic heterocycles. The predicted octanol–water partition coefficient (Wildman–Crippen LogP) is 3.66. The third-order valence-corrected chi connectivity index (χ3v) is 4.05. The van der Waals surface area contributed by atoms with Gasteiger partial charge in [0.15, 0.2) is 0 Å². The lowest BCUT2D eigenvalue weighted by molar-refractivity contribution is 0.0626. The summed E-state index contributed by atoms with van der Waals surface area (Å²) in [6.45, 7) is 19.0. The number of hydrogen-bond donors (Lipinski definition) is 1. The predicted molar refractivity (Wildman–Crippen MR) is 81.0 cm³/mol. The summed E-state index contributed by atoms with van der Waals surface area (Å²) in [7, 11) is 0. The maximum Gasteiger partial charge on any atom is 0.0158 e. The summed E-state index contributed by atoms with van der Waals surface area (Å²) < 4.78 is 0. The standard InChI is InChI=1S/C16H34N2/c1-13-8-10-18(11-9-14(2)17-13)16(6,7)12-15(3,4)5/h13-14,17H,8-12H2,1-7H3. The molecule has 0 radical (unpaired) electrons. The first-order valence-corrected chi connectivity index (χ1v) is 7.61. The van der Waals surface area contributed by atoms with Gasteiger partial charge in [-0.15, -0.1) is 0 Å². The van der Waals surface area contributed by atoms with Gasteiger partial charge in [0.1, 0.15) is 0 Å². The third-order valence-electron chi connectivity index (χ3n) is 4.05. The van der Waals surface area contributed by atoms with Gasteiger partial charge in [-0.3, -0.25) is 4.90 Å². The Morgan fingerprint density at radius 3 is 1.78 bits per heavy atom. The molecule has 0 aromatic rings. The van der Waals surface area contributed by atoms with Gasteiger partial charge in [-0.05, 0) is 52.4 Å². The summed E-state index contributed by atoms with van der Waals surface area (Å²) in [4.78, 5) is 2.71. The van der Waals surface area contributed by atoms with Crippen LogP contribution in [0.2, 0.25) is 0 Å². The van der Waals surface area contributed by atoms with Gasteiger partial charge in [-0.1, -0.05) is 20.8 Å². The largest absolute Gasteiger partial charge is 0.312 e. The van der Waals surface area contributed by atoms with Gasteiger partial charge in [0.25, 0.3) is 0 Å². The molecular formula is C16H34N2. The van der Waals surface area contributed by atoms with Crippen LogP contribution in [0.25, 0.3) is 0 Å². The Labute approximate surface area is 115 Å². The Morgan fingerprint density at radius 2 is 1.39 bits per heavy atom. The molecule has 108 valence electrons. The molecular weight excluding hydrogens is 220 g/mol. The summed E-state index contributed by atoms with van der Waals surface area (Å²) in [6.07, 6.45) is 3.78. The van der Waals surface area contributed by atoms with Crippen LogP contribution in [-0.2, 0) is 0 Å². The fraction of sp³-hybridized carbons (Fsp3) is 1.00. The van der Waals surface area contributed by atoms with Crippen LogP contribution >= 0.6 is 0 Å². The van der Waals surface area contributed by atoms with Gasteiger partial charge in [0.05, 0.1) is 0 Å². The fourth-order valence-electron chi connectivity index (χ4n) is 3.48. The van der Waals surface area contributed by atoms with Crippen LogP contribution < -0.4 is 5.32 Å². The quantitative estimate of drug-likeness (QED) is 0.809. The van der Waals surface area contributed by atoms with Crippen molar-refractivity contribution in [1.29, 1.82) is 0 Å². The zero-order chi connectivity index (χ0) is 14.0. The molecule has 1 N–H and O–H groups in total. The SMILES string of the molecule is CC1CCN(C(C)(C)CC(C)(C)C)CCC(C)N1. The molecule has 0 aliphatic carbocycles. The Balaban J connectivity index is 2.67. The Bertz CT molecular complexity index is 240. The van der Waals surface area contributed by atoms with Crippen molar-refractivity contribution >= 4 is 0 Å². The number of nitrogens with zero attached hydrogens (tertiary/aromatic N) is 1. The Morgan fingerprint density at radius 1 is 0.944 bits per heavy atom. The lowest BCUT2D eigenvalue weighted by Crippen LogP contribution is -2.51. The van der Waals surface area contributed by atoms with E-state index in [2.05, 4.69) is 58.7 Å². The van der Waals surface area contributed by atoms with E-state index in [0.717, 1.165) is 0 Å². The molecule has 0 saturated carbocycles. The molecule has 0 amide bonds. The highest BCUT2D eigenvalue weighted by molar-refractivity contribution is 4.88. The average molecular weight is 254 g/mol. The average Bonchev–Trinajstić information content (AvgIpc) is 2.09. The van der Waals surface area contributed by atoms with Crippen LogP contribution in [0, 0.1) is 5.41 Å². The normalized spacial score (nSPS) is 28.8. The van der Waals surface area contributed by atoms with Crippen molar-refractivity contribution in [2.24, 2.45) is 5.41 Å². The lowest BCUT2D eigenvalue weighted by atomic mass is 9.80. The van der Waals surface area contributed by atoms with Gasteiger partial charge in [-0.2, -0.15) is 0 Å². The topological polar surface area (TPSA) is 15.3 Å². The van der Waals surface area contributed by atoms with E-state index < -0.39 is 0 Å². The van der Waals surface area contributed by atoms with Crippen LogP contribution in [0.15, 0.2) is 0 Å². The van der Waals surface area contributed by atoms with Gasteiger partial charge < -0.3 is 5.32 Å². The number of hydrogen-bond acceptors (Lipinski definition) is 2. The van der Waals surface area contributed by atoms with E-state index in [4.69, 9.17) is 0 Å². The maximum atomic E-state index is 3.68. The van der Waals surface area contributed by atoms with Gasteiger partial charge in [0.2, 0.25) is 0 Å². The molecule has 0 spiro atoms. The van der Waals surface area contributed by atoms with Crippen LogP contribution in [0.1, 0.15) is 67.7 Å². The van der Waals surface area contributed by atoms with Crippen molar-refractivity contribution in [2.75, 3.05) is 13.1 Å². The van der Waals surface area contributed by atoms with E-state index in [0.29, 0.717) is 23.0 Å². The van der Waals surface area contributed by atoms with Crippen molar-refractivity contribution in [1.82, 2.24) is 10.2 Å². The minimum absolute atomic E-state index is 0.315. The smallest absolute Gasteiger partial charge is 0.0158 e. The first-order valence-electron chi connectivity index (χ1n) is 7.61. The van der Waals surface area contributed by atoms with Gasteiger partial charge in [-0.25, -0.2) is 0 Å². The van der Waals surface area contributed by atoms with Crippen LogP contribution in [-0.4, -0.2) is 35.6 Å². The first kappa shape index (κ1) is 16.0. The molecule has 2 nitrogen and oxygen atoms in total.